The minimum atomic E-state index is -0.464. The summed E-state index contributed by atoms with van der Waals surface area (Å²) >= 11 is 0. The molecule has 0 aromatic heterocycles. The van der Waals surface area contributed by atoms with Gasteiger partial charge in [0, 0.05) is 23.3 Å². The fraction of sp³-hybridized carbons (Fsp3) is 0.0588. The average molecular weight is 292 g/mol. The highest BCUT2D eigenvalue weighted by atomic mass is 16.1. The normalized spacial score (nSPS) is 10.6. The molecule has 2 rings (SSSR count). The van der Waals surface area contributed by atoms with Crippen molar-refractivity contribution in [3.63, 3.8) is 0 Å². The zero-order valence-corrected chi connectivity index (χ0v) is 12.1. The van der Waals surface area contributed by atoms with E-state index in [2.05, 4.69) is 10.6 Å². The van der Waals surface area contributed by atoms with Crippen LogP contribution in [0.3, 0.4) is 0 Å². The second-order valence-electron chi connectivity index (χ2n) is 4.76. The van der Waals surface area contributed by atoms with Gasteiger partial charge in [0.1, 0.15) is 11.6 Å². The molecule has 5 heteroatoms. The SMILES string of the molecule is Cc1ccc(NC(=O)/C(C#N)=C\Nc2ccc(N)cc2)cc1. The van der Waals surface area contributed by atoms with Gasteiger partial charge in [0.05, 0.1) is 0 Å². The van der Waals surface area contributed by atoms with Gasteiger partial charge in [0.25, 0.3) is 5.91 Å². The average Bonchev–Trinajstić information content (AvgIpc) is 2.52. The van der Waals surface area contributed by atoms with Gasteiger partial charge in [0.2, 0.25) is 0 Å². The van der Waals surface area contributed by atoms with Crippen molar-refractivity contribution in [3.8, 4) is 6.07 Å². The third-order valence-electron chi connectivity index (χ3n) is 2.97. The van der Waals surface area contributed by atoms with E-state index in [4.69, 9.17) is 11.0 Å². The Balaban J connectivity index is 2.05. The van der Waals surface area contributed by atoms with Gasteiger partial charge in [-0.1, -0.05) is 17.7 Å². The fourth-order valence-corrected chi connectivity index (χ4v) is 1.72. The molecule has 4 N–H and O–H groups in total. The van der Waals surface area contributed by atoms with Crippen molar-refractivity contribution < 1.29 is 4.79 Å². The van der Waals surface area contributed by atoms with Crippen LogP contribution in [0, 0.1) is 18.3 Å². The van der Waals surface area contributed by atoms with Crippen LogP contribution in [0.15, 0.2) is 60.3 Å². The number of carbonyl (C=O) groups is 1. The predicted molar refractivity (Wildman–Crippen MR) is 88.0 cm³/mol. The summed E-state index contributed by atoms with van der Waals surface area (Å²) in [6, 6.07) is 16.2. The van der Waals surface area contributed by atoms with E-state index in [0.29, 0.717) is 11.4 Å². The molecular formula is C17H16N4O. The maximum atomic E-state index is 12.0. The van der Waals surface area contributed by atoms with E-state index in [1.165, 1.54) is 6.20 Å². The smallest absolute Gasteiger partial charge is 0.267 e. The zero-order chi connectivity index (χ0) is 15.9. The van der Waals surface area contributed by atoms with Crippen LogP contribution in [0.2, 0.25) is 0 Å². The van der Waals surface area contributed by atoms with Crippen LogP contribution >= 0.6 is 0 Å². The summed E-state index contributed by atoms with van der Waals surface area (Å²) in [5.41, 5.74) is 8.70. The summed E-state index contributed by atoms with van der Waals surface area (Å²) < 4.78 is 0. The van der Waals surface area contributed by atoms with E-state index in [9.17, 15) is 4.79 Å². The number of nitrogens with one attached hydrogen (secondary N) is 2. The van der Waals surface area contributed by atoms with Crippen LogP contribution in [0.5, 0.6) is 0 Å². The summed E-state index contributed by atoms with van der Waals surface area (Å²) in [5, 5.41) is 14.7. The van der Waals surface area contributed by atoms with E-state index < -0.39 is 5.91 Å². The molecule has 1 amide bonds. The summed E-state index contributed by atoms with van der Waals surface area (Å²) in [5.74, 6) is -0.464. The van der Waals surface area contributed by atoms with Crippen LogP contribution in [0.25, 0.3) is 0 Å². The molecule has 0 bridgehead atoms. The predicted octanol–water partition coefficient (Wildman–Crippen LogP) is 3.04. The summed E-state index contributed by atoms with van der Waals surface area (Å²) in [6.45, 7) is 1.96. The lowest BCUT2D eigenvalue weighted by Crippen LogP contribution is -2.14. The molecule has 0 saturated heterocycles. The summed E-state index contributed by atoms with van der Waals surface area (Å²) in [7, 11) is 0. The maximum Gasteiger partial charge on any atom is 0.267 e. The van der Waals surface area contributed by atoms with Crippen molar-refractivity contribution in [3.05, 3.63) is 65.9 Å². The van der Waals surface area contributed by atoms with Crippen molar-refractivity contribution in [2.45, 2.75) is 6.92 Å². The third kappa shape index (κ3) is 4.12. The highest BCUT2D eigenvalue weighted by Crippen LogP contribution is 2.12. The van der Waals surface area contributed by atoms with Gasteiger partial charge in [-0.2, -0.15) is 5.26 Å². The molecular weight excluding hydrogens is 276 g/mol. The molecule has 0 aliphatic carbocycles. The van der Waals surface area contributed by atoms with E-state index in [-0.39, 0.29) is 5.57 Å². The van der Waals surface area contributed by atoms with Gasteiger partial charge in [0.15, 0.2) is 0 Å². The Morgan fingerprint density at radius 2 is 1.68 bits per heavy atom. The number of amides is 1. The van der Waals surface area contributed by atoms with Gasteiger partial charge in [-0.25, -0.2) is 0 Å². The highest BCUT2D eigenvalue weighted by Gasteiger charge is 2.09. The van der Waals surface area contributed by atoms with Crippen LogP contribution in [0.1, 0.15) is 5.56 Å². The lowest BCUT2D eigenvalue weighted by molar-refractivity contribution is -0.112. The number of nitrogen functional groups attached to an aromatic ring is 1. The van der Waals surface area contributed by atoms with Crippen molar-refractivity contribution in [2.75, 3.05) is 16.4 Å². The van der Waals surface area contributed by atoms with Crippen molar-refractivity contribution in [2.24, 2.45) is 0 Å². The molecule has 0 unspecified atom stereocenters. The number of nitriles is 1. The first-order valence-electron chi connectivity index (χ1n) is 6.69. The molecule has 0 radical (unpaired) electrons. The van der Waals surface area contributed by atoms with Gasteiger partial charge in [-0.3, -0.25) is 4.79 Å². The molecule has 22 heavy (non-hydrogen) atoms. The van der Waals surface area contributed by atoms with Crippen LogP contribution in [-0.4, -0.2) is 5.91 Å². The van der Waals surface area contributed by atoms with E-state index in [1.54, 1.807) is 36.4 Å². The van der Waals surface area contributed by atoms with E-state index >= 15 is 0 Å². The Kier molecular flexibility index (Phi) is 4.78. The molecule has 0 spiro atoms. The molecule has 0 aliphatic rings. The molecule has 2 aromatic rings. The van der Waals surface area contributed by atoms with Crippen molar-refractivity contribution in [1.82, 2.24) is 0 Å². The number of hydrogen-bond acceptors (Lipinski definition) is 4. The number of carbonyl (C=O) groups excluding carboxylic acids is 1. The first-order chi connectivity index (χ1) is 10.6. The monoisotopic (exact) mass is 292 g/mol. The molecule has 110 valence electrons. The minimum absolute atomic E-state index is 0.0163. The molecule has 0 atom stereocenters. The number of aryl methyl sites for hydroxylation is 1. The second kappa shape index (κ2) is 6.95. The molecule has 0 fully saturated rings. The third-order valence-corrected chi connectivity index (χ3v) is 2.97. The van der Waals surface area contributed by atoms with Crippen LogP contribution in [0.4, 0.5) is 17.1 Å². The molecule has 5 nitrogen and oxygen atoms in total. The Morgan fingerprint density at radius 3 is 2.27 bits per heavy atom. The Bertz CT molecular complexity index is 725. The number of hydrogen-bond donors (Lipinski definition) is 3. The molecule has 2 aromatic carbocycles. The topological polar surface area (TPSA) is 90.9 Å². The Labute approximate surface area is 129 Å². The zero-order valence-electron chi connectivity index (χ0n) is 12.1. The van der Waals surface area contributed by atoms with Crippen molar-refractivity contribution in [1.29, 1.82) is 5.26 Å². The van der Waals surface area contributed by atoms with E-state index in [0.717, 1.165) is 11.3 Å². The first kappa shape index (κ1) is 15.1. The lowest BCUT2D eigenvalue weighted by atomic mass is 10.2. The van der Waals surface area contributed by atoms with E-state index in [1.807, 2.05) is 25.1 Å². The first-order valence-corrected chi connectivity index (χ1v) is 6.69. The van der Waals surface area contributed by atoms with Crippen molar-refractivity contribution >= 4 is 23.0 Å². The quantitative estimate of drug-likeness (QED) is 0.459. The number of rotatable bonds is 4. The highest BCUT2D eigenvalue weighted by molar-refractivity contribution is 6.06. The van der Waals surface area contributed by atoms with Gasteiger partial charge < -0.3 is 16.4 Å². The van der Waals surface area contributed by atoms with Crippen LogP contribution < -0.4 is 16.4 Å². The number of anilines is 3. The standard InChI is InChI=1S/C17H16N4O/c1-12-2-6-16(7-3-12)21-17(22)13(10-18)11-20-15-8-4-14(19)5-9-15/h2-9,11,20H,19H2,1H3,(H,21,22)/b13-11-. The van der Waals surface area contributed by atoms with Gasteiger partial charge >= 0.3 is 0 Å². The lowest BCUT2D eigenvalue weighted by Gasteiger charge is -2.05. The second-order valence-corrected chi connectivity index (χ2v) is 4.76. The number of nitrogens with two attached hydrogens (primary N) is 1. The molecule has 0 saturated carbocycles. The maximum absolute atomic E-state index is 12.0. The summed E-state index contributed by atoms with van der Waals surface area (Å²) in [6.07, 6.45) is 1.37. The van der Waals surface area contributed by atoms with Gasteiger partial charge in [-0.15, -0.1) is 0 Å². The minimum Gasteiger partial charge on any atom is -0.399 e. The van der Waals surface area contributed by atoms with Gasteiger partial charge in [-0.05, 0) is 43.3 Å². The number of benzene rings is 2. The fourth-order valence-electron chi connectivity index (χ4n) is 1.72. The largest absolute Gasteiger partial charge is 0.399 e. The summed E-state index contributed by atoms with van der Waals surface area (Å²) in [4.78, 5) is 12.0. The van der Waals surface area contributed by atoms with Crippen LogP contribution in [-0.2, 0) is 4.79 Å². The Hall–Kier alpha value is -3.26. The number of nitrogens with zero attached hydrogens (tertiary/aromatic N) is 1. The molecule has 0 heterocycles. The Morgan fingerprint density at radius 1 is 1.09 bits per heavy atom. The molecule has 0 aliphatic heterocycles.